The first-order valence-corrected chi connectivity index (χ1v) is 10.4. The topological polar surface area (TPSA) is 65.7 Å². The van der Waals surface area contributed by atoms with E-state index in [1.54, 1.807) is 49.4 Å². The van der Waals surface area contributed by atoms with Gasteiger partial charge in [0.1, 0.15) is 22.9 Å². The molecule has 0 saturated heterocycles. The van der Waals surface area contributed by atoms with E-state index in [4.69, 9.17) is 13.9 Å². The van der Waals surface area contributed by atoms with Crippen LogP contribution in [0.3, 0.4) is 0 Å². The van der Waals surface area contributed by atoms with Crippen LogP contribution < -0.4 is 9.47 Å². The van der Waals surface area contributed by atoms with E-state index in [1.807, 2.05) is 12.1 Å². The van der Waals surface area contributed by atoms with Crippen LogP contribution in [0.4, 0.5) is 4.39 Å². The zero-order valence-electron chi connectivity index (χ0n) is 16.6. The summed E-state index contributed by atoms with van der Waals surface area (Å²) in [7, 11) is 0. The summed E-state index contributed by atoms with van der Waals surface area (Å²) in [5.41, 5.74) is 2.06. The lowest BCUT2D eigenvalue weighted by Crippen LogP contribution is -2.08. The number of ether oxygens (including phenoxy) is 2. The van der Waals surface area contributed by atoms with Crippen LogP contribution in [0.15, 0.2) is 75.3 Å². The molecule has 5 rings (SSSR count). The van der Waals surface area contributed by atoms with Crippen LogP contribution >= 0.6 is 15.9 Å². The number of halogens is 2. The van der Waals surface area contributed by atoms with Gasteiger partial charge in [-0.2, -0.15) is 0 Å². The molecule has 7 heteroatoms. The number of rotatable bonds is 3. The van der Waals surface area contributed by atoms with E-state index >= 15 is 0 Å². The third-order valence-electron chi connectivity index (χ3n) is 5.09. The van der Waals surface area contributed by atoms with E-state index in [0.29, 0.717) is 28.0 Å². The van der Waals surface area contributed by atoms with E-state index < -0.39 is 5.97 Å². The molecule has 2 heterocycles. The lowest BCUT2D eigenvalue weighted by Gasteiger charge is -2.09. The summed E-state index contributed by atoms with van der Waals surface area (Å²) in [5.74, 6) is -0.574. The van der Waals surface area contributed by atoms with Gasteiger partial charge in [-0.15, -0.1) is 0 Å². The summed E-state index contributed by atoms with van der Waals surface area (Å²) in [4.78, 5) is 25.3. The number of carbonyl (C=O) groups is 2. The summed E-state index contributed by atoms with van der Waals surface area (Å²) >= 11 is 3.38. The van der Waals surface area contributed by atoms with Gasteiger partial charge in [0.2, 0.25) is 11.5 Å². The number of furan rings is 1. The highest BCUT2D eigenvalue weighted by molar-refractivity contribution is 9.10. The maximum Gasteiger partial charge on any atom is 0.379 e. The molecule has 3 aromatic carbocycles. The van der Waals surface area contributed by atoms with Crippen molar-refractivity contribution in [3.05, 3.63) is 99.2 Å². The lowest BCUT2D eigenvalue weighted by atomic mass is 10.1. The molecule has 0 atom stereocenters. The van der Waals surface area contributed by atoms with Crippen LogP contribution in [0, 0.1) is 12.7 Å². The molecular formula is C25H14BrFO5. The van der Waals surface area contributed by atoms with Gasteiger partial charge in [-0.05, 0) is 67.1 Å². The van der Waals surface area contributed by atoms with Gasteiger partial charge in [-0.3, -0.25) is 4.79 Å². The van der Waals surface area contributed by atoms with Crippen LogP contribution in [-0.2, 0) is 0 Å². The van der Waals surface area contributed by atoms with Crippen molar-refractivity contribution in [2.24, 2.45) is 0 Å². The number of carbonyl (C=O) groups excluding carboxylic acids is 2. The van der Waals surface area contributed by atoms with Crippen molar-refractivity contribution in [3.8, 4) is 11.5 Å². The Hall–Kier alpha value is -3.71. The predicted molar refractivity (Wildman–Crippen MR) is 119 cm³/mol. The summed E-state index contributed by atoms with van der Waals surface area (Å²) in [6.45, 7) is 1.70. The average Bonchev–Trinajstić information content (AvgIpc) is 3.33. The molecule has 158 valence electrons. The first kappa shape index (κ1) is 20.2. The van der Waals surface area contributed by atoms with Crippen molar-refractivity contribution in [2.75, 3.05) is 0 Å². The third-order valence-corrected chi connectivity index (χ3v) is 5.58. The molecule has 0 bridgehead atoms. The summed E-state index contributed by atoms with van der Waals surface area (Å²) in [6, 6.07) is 15.8. The Kier molecular flexibility index (Phi) is 4.90. The monoisotopic (exact) mass is 492 g/mol. The maximum atomic E-state index is 13.1. The largest absolute Gasteiger partial charge is 0.452 e. The van der Waals surface area contributed by atoms with Gasteiger partial charge in [0.05, 0.1) is 5.56 Å². The standard InChI is InChI=1S/C25H14BrFO5/c1-13-19(32-25(29)22-12-15-11-16(26)4-8-20(15)30-22)9-7-18-23(28)21(31-24(13)18)10-14-2-5-17(27)6-3-14/h2-12H,1H3/b21-10-. The quantitative estimate of drug-likeness (QED) is 0.186. The fourth-order valence-corrected chi connectivity index (χ4v) is 3.83. The van der Waals surface area contributed by atoms with Crippen LogP contribution in [0.1, 0.15) is 32.0 Å². The van der Waals surface area contributed by atoms with Crippen molar-refractivity contribution < 1.29 is 27.9 Å². The normalized spacial score (nSPS) is 14.0. The second-order valence-corrected chi connectivity index (χ2v) is 8.15. The molecule has 0 radical (unpaired) electrons. The molecule has 0 spiro atoms. The fraction of sp³-hybridized carbons (Fsp3) is 0.0400. The van der Waals surface area contributed by atoms with Crippen molar-refractivity contribution in [1.82, 2.24) is 0 Å². The van der Waals surface area contributed by atoms with E-state index in [-0.39, 0.29) is 28.9 Å². The zero-order chi connectivity index (χ0) is 22.4. The molecular weight excluding hydrogens is 479 g/mol. The van der Waals surface area contributed by atoms with Gasteiger partial charge in [-0.25, -0.2) is 9.18 Å². The predicted octanol–water partition coefficient (Wildman–Crippen LogP) is 6.48. The number of benzene rings is 3. The van der Waals surface area contributed by atoms with Gasteiger partial charge >= 0.3 is 5.97 Å². The maximum absolute atomic E-state index is 13.1. The van der Waals surface area contributed by atoms with E-state index in [1.165, 1.54) is 12.1 Å². The van der Waals surface area contributed by atoms with Crippen molar-refractivity contribution >= 4 is 44.7 Å². The van der Waals surface area contributed by atoms with E-state index in [0.717, 1.165) is 9.86 Å². The van der Waals surface area contributed by atoms with Crippen LogP contribution in [0.5, 0.6) is 11.5 Å². The van der Waals surface area contributed by atoms with E-state index in [9.17, 15) is 14.0 Å². The number of Topliss-reactive ketones (excluding diaryl/α,β-unsaturated/α-hetero) is 1. The number of ketones is 1. The molecule has 1 aromatic heterocycles. The van der Waals surface area contributed by atoms with Gasteiger partial charge in [0.15, 0.2) is 5.76 Å². The minimum absolute atomic E-state index is 0.0619. The number of hydrogen-bond acceptors (Lipinski definition) is 5. The molecule has 4 aromatic rings. The highest BCUT2D eigenvalue weighted by atomic mass is 79.9. The third kappa shape index (κ3) is 3.61. The molecule has 1 aliphatic rings. The number of fused-ring (bicyclic) bond motifs is 2. The summed E-state index contributed by atoms with van der Waals surface area (Å²) < 4.78 is 30.9. The van der Waals surface area contributed by atoms with Crippen molar-refractivity contribution in [1.29, 1.82) is 0 Å². The Morgan fingerprint density at radius 3 is 2.62 bits per heavy atom. The SMILES string of the molecule is Cc1c(OC(=O)c2cc3cc(Br)ccc3o2)ccc2c1O/C(=C\c1ccc(F)cc1)C2=O. The first-order chi connectivity index (χ1) is 15.4. The number of esters is 1. The van der Waals surface area contributed by atoms with E-state index in [2.05, 4.69) is 15.9 Å². The Morgan fingerprint density at radius 2 is 1.84 bits per heavy atom. The first-order valence-electron chi connectivity index (χ1n) is 9.64. The Bertz CT molecular complexity index is 1430. The Morgan fingerprint density at radius 1 is 1.06 bits per heavy atom. The second kappa shape index (κ2) is 7.76. The molecule has 0 saturated carbocycles. The highest BCUT2D eigenvalue weighted by Gasteiger charge is 2.31. The van der Waals surface area contributed by atoms with Gasteiger partial charge in [0.25, 0.3) is 0 Å². The second-order valence-electron chi connectivity index (χ2n) is 7.24. The summed E-state index contributed by atoms with van der Waals surface area (Å²) in [5, 5.41) is 0.765. The molecule has 0 fully saturated rings. The Labute approximate surface area is 190 Å². The molecule has 0 unspecified atom stereocenters. The molecule has 5 nitrogen and oxygen atoms in total. The average molecular weight is 493 g/mol. The van der Waals surface area contributed by atoms with Crippen molar-refractivity contribution in [2.45, 2.75) is 6.92 Å². The summed E-state index contributed by atoms with van der Waals surface area (Å²) in [6.07, 6.45) is 1.54. The fourth-order valence-electron chi connectivity index (χ4n) is 3.45. The molecule has 0 aliphatic carbocycles. The number of allylic oxidation sites excluding steroid dienone is 1. The lowest BCUT2D eigenvalue weighted by molar-refractivity contribution is 0.0702. The minimum atomic E-state index is -0.660. The van der Waals surface area contributed by atoms with Crippen LogP contribution in [-0.4, -0.2) is 11.8 Å². The molecule has 0 N–H and O–H groups in total. The Balaban J connectivity index is 1.41. The minimum Gasteiger partial charge on any atom is -0.452 e. The highest BCUT2D eigenvalue weighted by Crippen LogP contribution is 2.39. The molecule has 0 amide bonds. The van der Waals surface area contributed by atoms with Crippen LogP contribution in [0.25, 0.3) is 17.0 Å². The van der Waals surface area contributed by atoms with Gasteiger partial charge in [0, 0.05) is 15.4 Å². The van der Waals surface area contributed by atoms with Gasteiger partial charge < -0.3 is 13.9 Å². The van der Waals surface area contributed by atoms with Gasteiger partial charge in [-0.1, -0.05) is 28.1 Å². The molecule has 32 heavy (non-hydrogen) atoms. The van der Waals surface area contributed by atoms with Crippen LogP contribution in [0.2, 0.25) is 0 Å². The smallest absolute Gasteiger partial charge is 0.379 e. The van der Waals surface area contributed by atoms with Crippen molar-refractivity contribution in [3.63, 3.8) is 0 Å². The molecule has 1 aliphatic heterocycles. The number of hydrogen-bond donors (Lipinski definition) is 0. The zero-order valence-corrected chi connectivity index (χ0v) is 18.2.